The second-order valence-electron chi connectivity index (χ2n) is 3.72. The molecule has 3 amide bonds. The van der Waals surface area contributed by atoms with Gasteiger partial charge in [-0.25, -0.2) is 0 Å². The standard InChI is InChI=1S/C13H10N2O3/c1-2-7-14-11(16)8-15-12(17)9-5-3-4-6-10(9)13(15)18/h1,3-6H,7-8H2,(H,14,16). The van der Waals surface area contributed by atoms with Crippen LogP contribution in [0.2, 0.25) is 0 Å². The highest BCUT2D eigenvalue weighted by molar-refractivity contribution is 6.22. The molecule has 90 valence electrons. The maximum absolute atomic E-state index is 11.9. The van der Waals surface area contributed by atoms with Gasteiger partial charge in [-0.05, 0) is 12.1 Å². The third kappa shape index (κ3) is 1.96. The fourth-order valence-electron chi connectivity index (χ4n) is 1.73. The first-order chi connectivity index (χ1) is 8.65. The fraction of sp³-hybridized carbons (Fsp3) is 0.154. The second-order valence-corrected chi connectivity index (χ2v) is 3.72. The van der Waals surface area contributed by atoms with Gasteiger partial charge in [0.25, 0.3) is 11.8 Å². The molecule has 0 spiro atoms. The molecule has 18 heavy (non-hydrogen) atoms. The van der Waals surface area contributed by atoms with Crippen molar-refractivity contribution >= 4 is 17.7 Å². The van der Waals surface area contributed by atoms with Gasteiger partial charge in [0.15, 0.2) is 0 Å². The minimum atomic E-state index is -0.456. The van der Waals surface area contributed by atoms with Crippen molar-refractivity contribution in [3.63, 3.8) is 0 Å². The number of rotatable bonds is 3. The van der Waals surface area contributed by atoms with Crippen molar-refractivity contribution in [2.75, 3.05) is 13.1 Å². The van der Waals surface area contributed by atoms with Gasteiger partial charge in [-0.15, -0.1) is 6.42 Å². The Balaban J connectivity index is 2.14. The summed E-state index contributed by atoms with van der Waals surface area (Å²) in [6.45, 7) is -0.240. The Morgan fingerprint density at radius 2 is 1.78 bits per heavy atom. The summed E-state index contributed by atoms with van der Waals surface area (Å²) < 4.78 is 0. The van der Waals surface area contributed by atoms with Gasteiger partial charge in [0.05, 0.1) is 17.7 Å². The Morgan fingerprint density at radius 1 is 1.22 bits per heavy atom. The van der Waals surface area contributed by atoms with Gasteiger partial charge in [0.1, 0.15) is 6.54 Å². The Labute approximate surface area is 104 Å². The number of terminal acetylenes is 1. The molecule has 0 atom stereocenters. The van der Waals surface area contributed by atoms with Gasteiger partial charge in [-0.2, -0.15) is 0 Å². The van der Waals surface area contributed by atoms with Gasteiger partial charge in [-0.1, -0.05) is 18.1 Å². The molecule has 2 rings (SSSR count). The van der Waals surface area contributed by atoms with Gasteiger partial charge >= 0.3 is 0 Å². The smallest absolute Gasteiger partial charge is 0.262 e. The van der Waals surface area contributed by atoms with E-state index in [9.17, 15) is 14.4 Å². The van der Waals surface area contributed by atoms with Crippen LogP contribution in [0.4, 0.5) is 0 Å². The van der Waals surface area contributed by atoms with E-state index in [1.165, 1.54) is 0 Å². The zero-order chi connectivity index (χ0) is 13.1. The maximum atomic E-state index is 11.9. The van der Waals surface area contributed by atoms with Crippen LogP contribution in [0.1, 0.15) is 20.7 Å². The Bertz CT molecular complexity index is 537. The summed E-state index contributed by atoms with van der Waals surface area (Å²) in [6, 6.07) is 6.47. The predicted octanol–water partition coefficient (Wildman–Crippen LogP) is 0.0320. The number of hydrogen-bond donors (Lipinski definition) is 1. The number of imide groups is 1. The van der Waals surface area contributed by atoms with E-state index in [4.69, 9.17) is 6.42 Å². The molecule has 0 bridgehead atoms. The van der Waals surface area contributed by atoms with Crippen molar-refractivity contribution in [2.24, 2.45) is 0 Å². The number of nitrogens with zero attached hydrogens (tertiary/aromatic N) is 1. The first kappa shape index (κ1) is 11.9. The van der Waals surface area contributed by atoms with Crippen LogP contribution in [-0.2, 0) is 4.79 Å². The molecular weight excluding hydrogens is 232 g/mol. The lowest BCUT2D eigenvalue weighted by atomic mass is 10.1. The second kappa shape index (κ2) is 4.72. The van der Waals surface area contributed by atoms with Crippen molar-refractivity contribution in [2.45, 2.75) is 0 Å². The first-order valence-electron chi connectivity index (χ1n) is 5.30. The van der Waals surface area contributed by atoms with E-state index in [0.717, 1.165) is 4.90 Å². The van der Waals surface area contributed by atoms with Crippen LogP contribution in [0.15, 0.2) is 24.3 Å². The van der Waals surface area contributed by atoms with Gasteiger partial charge in [0.2, 0.25) is 5.91 Å². The number of amides is 3. The number of fused-ring (bicyclic) bond motifs is 1. The van der Waals surface area contributed by atoms with Crippen molar-refractivity contribution in [1.29, 1.82) is 0 Å². The van der Waals surface area contributed by atoms with E-state index < -0.39 is 17.7 Å². The number of hydrogen-bond acceptors (Lipinski definition) is 3. The maximum Gasteiger partial charge on any atom is 0.262 e. The molecule has 1 N–H and O–H groups in total. The predicted molar refractivity (Wildman–Crippen MR) is 63.7 cm³/mol. The van der Waals surface area contributed by atoms with Gasteiger partial charge in [-0.3, -0.25) is 19.3 Å². The average Bonchev–Trinajstić information content (AvgIpc) is 2.62. The normalized spacial score (nSPS) is 13.2. The highest BCUT2D eigenvalue weighted by Crippen LogP contribution is 2.21. The van der Waals surface area contributed by atoms with Crippen LogP contribution in [-0.4, -0.2) is 35.7 Å². The lowest BCUT2D eigenvalue weighted by Crippen LogP contribution is -2.40. The van der Waals surface area contributed by atoms with Crippen molar-refractivity contribution in [1.82, 2.24) is 10.2 Å². The monoisotopic (exact) mass is 242 g/mol. The van der Waals surface area contributed by atoms with Crippen molar-refractivity contribution in [3.8, 4) is 12.3 Å². The van der Waals surface area contributed by atoms with Crippen LogP contribution in [0.3, 0.4) is 0 Å². The highest BCUT2D eigenvalue weighted by Gasteiger charge is 2.35. The summed E-state index contributed by atoms with van der Waals surface area (Å²) in [5.41, 5.74) is 0.652. The molecule has 0 unspecified atom stereocenters. The Hall–Kier alpha value is -2.61. The van der Waals surface area contributed by atoms with Crippen LogP contribution in [0.5, 0.6) is 0 Å². The van der Waals surface area contributed by atoms with Crippen LogP contribution in [0, 0.1) is 12.3 Å². The molecule has 0 saturated carbocycles. The van der Waals surface area contributed by atoms with E-state index >= 15 is 0 Å². The molecule has 5 heteroatoms. The van der Waals surface area contributed by atoms with E-state index in [-0.39, 0.29) is 13.1 Å². The van der Waals surface area contributed by atoms with Crippen molar-refractivity contribution < 1.29 is 14.4 Å². The van der Waals surface area contributed by atoms with Crippen LogP contribution >= 0.6 is 0 Å². The molecule has 1 heterocycles. The molecule has 0 aromatic heterocycles. The quantitative estimate of drug-likeness (QED) is 0.600. The highest BCUT2D eigenvalue weighted by atomic mass is 16.2. The molecule has 0 fully saturated rings. The van der Waals surface area contributed by atoms with E-state index in [1.807, 2.05) is 0 Å². The zero-order valence-corrected chi connectivity index (χ0v) is 9.47. The topological polar surface area (TPSA) is 66.5 Å². The molecule has 0 saturated heterocycles. The summed E-state index contributed by atoms with van der Waals surface area (Å²) in [5.74, 6) is 0.882. The number of nitrogens with one attached hydrogen (secondary N) is 1. The van der Waals surface area contributed by atoms with Gasteiger partial charge in [0, 0.05) is 0 Å². The van der Waals surface area contributed by atoms with E-state index in [0.29, 0.717) is 11.1 Å². The van der Waals surface area contributed by atoms with E-state index in [1.54, 1.807) is 24.3 Å². The number of benzene rings is 1. The molecule has 0 aliphatic carbocycles. The zero-order valence-electron chi connectivity index (χ0n) is 9.47. The molecule has 0 radical (unpaired) electrons. The Morgan fingerprint density at radius 3 is 2.28 bits per heavy atom. The molecule has 1 aliphatic heterocycles. The molecule has 1 aromatic carbocycles. The summed E-state index contributed by atoms with van der Waals surface area (Å²) in [7, 11) is 0. The lowest BCUT2D eigenvalue weighted by molar-refractivity contribution is -0.121. The SMILES string of the molecule is C#CCNC(=O)CN1C(=O)c2ccccc2C1=O. The largest absolute Gasteiger partial charge is 0.344 e. The molecule has 5 nitrogen and oxygen atoms in total. The fourth-order valence-corrected chi connectivity index (χ4v) is 1.73. The summed E-state index contributed by atoms with van der Waals surface area (Å²) in [6.07, 6.45) is 5.00. The Kier molecular flexibility index (Phi) is 3.11. The minimum absolute atomic E-state index is 0.0714. The van der Waals surface area contributed by atoms with E-state index in [2.05, 4.69) is 11.2 Å². The summed E-state index contributed by atoms with van der Waals surface area (Å²) >= 11 is 0. The summed E-state index contributed by atoms with van der Waals surface area (Å²) in [5, 5.41) is 2.41. The number of carbonyl (C=O) groups is 3. The third-order valence-corrected chi connectivity index (χ3v) is 2.57. The number of carbonyl (C=O) groups excluding carboxylic acids is 3. The lowest BCUT2D eigenvalue weighted by Gasteiger charge is -2.12. The summed E-state index contributed by atoms with van der Waals surface area (Å²) in [4.78, 5) is 36.2. The minimum Gasteiger partial charge on any atom is -0.344 e. The van der Waals surface area contributed by atoms with Crippen LogP contribution < -0.4 is 5.32 Å². The third-order valence-electron chi connectivity index (χ3n) is 2.57. The average molecular weight is 242 g/mol. The van der Waals surface area contributed by atoms with Crippen LogP contribution in [0.25, 0.3) is 0 Å². The molecule has 1 aromatic rings. The molecule has 1 aliphatic rings. The van der Waals surface area contributed by atoms with Gasteiger partial charge < -0.3 is 5.32 Å². The molecular formula is C13H10N2O3. The first-order valence-corrected chi connectivity index (χ1v) is 5.30. The van der Waals surface area contributed by atoms with Crippen molar-refractivity contribution in [3.05, 3.63) is 35.4 Å².